The first-order valence-electron chi connectivity index (χ1n) is 5.45. The van der Waals surface area contributed by atoms with Gasteiger partial charge in [-0.15, -0.1) is 0 Å². The number of hydrogen-bond acceptors (Lipinski definition) is 4. The Bertz CT molecular complexity index is 376. The molecule has 2 rings (SSSR count). The molecule has 3 N–H and O–H groups in total. The fraction of sp³-hybridized carbons (Fsp3) is 0.455. The Balaban J connectivity index is 1.80. The van der Waals surface area contributed by atoms with Gasteiger partial charge in [-0.3, -0.25) is 4.79 Å². The maximum atomic E-state index is 11.4. The highest BCUT2D eigenvalue weighted by molar-refractivity contribution is 5.81. The second-order valence-electron chi connectivity index (χ2n) is 3.88. The Hall–Kier alpha value is -1.78. The highest BCUT2D eigenvalue weighted by Crippen LogP contribution is 2.18. The van der Waals surface area contributed by atoms with Gasteiger partial charge in [0.2, 0.25) is 5.91 Å². The summed E-state index contributed by atoms with van der Waals surface area (Å²) in [7, 11) is 1.81. The molecular formula is C11H16N4O. The zero-order valence-corrected chi connectivity index (χ0v) is 9.29. The summed E-state index contributed by atoms with van der Waals surface area (Å²) in [6.45, 7) is 0.309. The zero-order valence-electron chi connectivity index (χ0n) is 9.29. The van der Waals surface area contributed by atoms with Gasteiger partial charge in [-0.05, 0) is 18.9 Å². The van der Waals surface area contributed by atoms with E-state index >= 15 is 0 Å². The van der Waals surface area contributed by atoms with Crippen molar-refractivity contribution in [2.75, 3.05) is 24.2 Å². The van der Waals surface area contributed by atoms with Crippen LogP contribution in [-0.2, 0) is 4.79 Å². The average molecular weight is 220 g/mol. The minimum atomic E-state index is 0.0466. The van der Waals surface area contributed by atoms with Gasteiger partial charge in [0.25, 0.3) is 0 Å². The Morgan fingerprint density at radius 3 is 3.06 bits per heavy atom. The second kappa shape index (κ2) is 4.83. The molecule has 0 saturated heterocycles. The van der Waals surface area contributed by atoms with Gasteiger partial charge >= 0.3 is 0 Å². The van der Waals surface area contributed by atoms with Crippen LogP contribution in [0.3, 0.4) is 0 Å². The molecule has 1 aromatic rings. The zero-order chi connectivity index (χ0) is 11.4. The summed E-state index contributed by atoms with van der Waals surface area (Å²) >= 11 is 0. The first-order chi connectivity index (χ1) is 7.78. The van der Waals surface area contributed by atoms with Crippen molar-refractivity contribution >= 4 is 17.4 Å². The maximum Gasteiger partial charge on any atom is 0.239 e. The molecule has 1 aromatic heterocycles. The Morgan fingerprint density at radius 1 is 1.56 bits per heavy atom. The fourth-order valence-electron chi connectivity index (χ4n) is 1.37. The highest BCUT2D eigenvalue weighted by Gasteiger charge is 2.22. The number of nitrogens with zero attached hydrogens (tertiary/aromatic N) is 1. The van der Waals surface area contributed by atoms with E-state index in [2.05, 4.69) is 20.9 Å². The number of amides is 1. The molecule has 1 amide bonds. The molecule has 86 valence electrons. The summed E-state index contributed by atoms with van der Waals surface area (Å²) in [5.74, 6) is 0.831. The average Bonchev–Trinajstić information content (AvgIpc) is 3.10. The first-order valence-corrected chi connectivity index (χ1v) is 5.45. The van der Waals surface area contributed by atoms with Gasteiger partial charge in [-0.1, -0.05) is 0 Å². The molecule has 0 bridgehead atoms. The first kappa shape index (κ1) is 10.7. The number of pyridine rings is 1. The molecule has 0 spiro atoms. The lowest BCUT2D eigenvalue weighted by atomic mass is 10.3. The van der Waals surface area contributed by atoms with Crippen molar-refractivity contribution in [1.82, 2.24) is 10.3 Å². The normalized spacial score (nSPS) is 14.3. The van der Waals surface area contributed by atoms with Crippen molar-refractivity contribution in [1.29, 1.82) is 0 Å². The molecule has 0 radical (unpaired) electrons. The third kappa shape index (κ3) is 3.12. The summed E-state index contributed by atoms with van der Waals surface area (Å²) in [4.78, 5) is 15.5. The van der Waals surface area contributed by atoms with E-state index in [4.69, 9.17) is 0 Å². The van der Waals surface area contributed by atoms with E-state index in [1.54, 1.807) is 6.20 Å². The van der Waals surface area contributed by atoms with E-state index in [9.17, 15) is 4.79 Å². The number of carbonyl (C=O) groups excluding carboxylic acids is 1. The van der Waals surface area contributed by atoms with Crippen LogP contribution in [0.25, 0.3) is 0 Å². The molecule has 16 heavy (non-hydrogen) atoms. The predicted octanol–water partition coefficient (Wildman–Crippen LogP) is 0.814. The molecule has 1 aliphatic rings. The third-order valence-electron chi connectivity index (χ3n) is 2.41. The summed E-state index contributed by atoms with van der Waals surface area (Å²) in [6.07, 6.45) is 3.93. The van der Waals surface area contributed by atoms with Crippen LogP contribution < -0.4 is 16.0 Å². The second-order valence-corrected chi connectivity index (χ2v) is 3.88. The van der Waals surface area contributed by atoms with E-state index in [1.807, 2.05) is 19.2 Å². The van der Waals surface area contributed by atoms with E-state index in [0.29, 0.717) is 12.6 Å². The summed E-state index contributed by atoms with van der Waals surface area (Å²) in [5.41, 5.74) is 0.894. The van der Waals surface area contributed by atoms with E-state index in [-0.39, 0.29) is 5.91 Å². The lowest BCUT2D eigenvalue weighted by molar-refractivity contribution is -0.119. The van der Waals surface area contributed by atoms with Crippen LogP contribution in [0, 0.1) is 0 Å². The Labute approximate surface area is 94.6 Å². The Morgan fingerprint density at radius 2 is 2.38 bits per heavy atom. The molecule has 0 aliphatic heterocycles. The number of carbonyl (C=O) groups is 1. The molecule has 5 heteroatoms. The minimum Gasteiger partial charge on any atom is -0.376 e. The van der Waals surface area contributed by atoms with Crippen LogP contribution in [0.1, 0.15) is 12.8 Å². The lowest BCUT2D eigenvalue weighted by Gasteiger charge is -2.07. The van der Waals surface area contributed by atoms with Gasteiger partial charge < -0.3 is 16.0 Å². The van der Waals surface area contributed by atoms with Crippen LogP contribution in [0.4, 0.5) is 11.5 Å². The predicted molar refractivity (Wildman–Crippen MR) is 63.4 cm³/mol. The van der Waals surface area contributed by atoms with Gasteiger partial charge in [-0.2, -0.15) is 0 Å². The smallest absolute Gasteiger partial charge is 0.239 e. The molecular weight excluding hydrogens is 204 g/mol. The van der Waals surface area contributed by atoms with Crippen molar-refractivity contribution < 1.29 is 4.79 Å². The summed E-state index contributed by atoms with van der Waals surface area (Å²) in [5, 5.41) is 8.93. The molecule has 0 aromatic carbocycles. The van der Waals surface area contributed by atoms with Crippen LogP contribution in [0.2, 0.25) is 0 Å². The lowest BCUT2D eigenvalue weighted by Crippen LogP contribution is -2.31. The quantitative estimate of drug-likeness (QED) is 0.687. The highest BCUT2D eigenvalue weighted by atomic mass is 16.2. The molecule has 1 heterocycles. The monoisotopic (exact) mass is 220 g/mol. The van der Waals surface area contributed by atoms with Crippen LogP contribution >= 0.6 is 0 Å². The van der Waals surface area contributed by atoms with E-state index in [1.165, 1.54) is 0 Å². The topological polar surface area (TPSA) is 66.0 Å². The van der Waals surface area contributed by atoms with Crippen molar-refractivity contribution in [2.45, 2.75) is 18.9 Å². The molecule has 5 nitrogen and oxygen atoms in total. The number of rotatable bonds is 5. The largest absolute Gasteiger partial charge is 0.376 e. The van der Waals surface area contributed by atoms with Crippen LogP contribution in [-0.4, -0.2) is 30.5 Å². The standard InChI is InChI=1S/C11H16N4O/c1-12-10-6-9(4-5-13-10)14-7-11(16)15-8-2-3-8/h4-6,8H,2-3,7H2,1H3,(H,15,16)(H2,12,13,14). The van der Waals surface area contributed by atoms with Crippen molar-refractivity contribution in [2.24, 2.45) is 0 Å². The fourth-order valence-corrected chi connectivity index (χ4v) is 1.37. The van der Waals surface area contributed by atoms with Gasteiger partial charge in [0.1, 0.15) is 5.82 Å². The summed E-state index contributed by atoms with van der Waals surface area (Å²) < 4.78 is 0. The van der Waals surface area contributed by atoms with E-state index < -0.39 is 0 Å². The number of nitrogens with one attached hydrogen (secondary N) is 3. The molecule has 1 fully saturated rings. The maximum absolute atomic E-state index is 11.4. The SMILES string of the molecule is CNc1cc(NCC(=O)NC2CC2)ccn1. The number of hydrogen-bond donors (Lipinski definition) is 3. The van der Waals surface area contributed by atoms with E-state index in [0.717, 1.165) is 24.3 Å². The number of anilines is 2. The molecule has 0 atom stereocenters. The van der Waals surface area contributed by atoms with Gasteiger partial charge in [-0.25, -0.2) is 4.98 Å². The van der Waals surface area contributed by atoms with Crippen molar-refractivity contribution in [3.63, 3.8) is 0 Å². The third-order valence-corrected chi connectivity index (χ3v) is 2.41. The molecule has 1 saturated carbocycles. The van der Waals surface area contributed by atoms with Crippen molar-refractivity contribution in [3.05, 3.63) is 18.3 Å². The van der Waals surface area contributed by atoms with Gasteiger partial charge in [0, 0.05) is 31.0 Å². The summed E-state index contributed by atoms with van der Waals surface area (Å²) in [6, 6.07) is 4.12. The van der Waals surface area contributed by atoms with Crippen molar-refractivity contribution in [3.8, 4) is 0 Å². The molecule has 1 aliphatic carbocycles. The van der Waals surface area contributed by atoms with Gasteiger partial charge in [0.05, 0.1) is 6.54 Å². The molecule has 0 unspecified atom stereocenters. The number of aromatic nitrogens is 1. The van der Waals surface area contributed by atoms with Crippen LogP contribution in [0.15, 0.2) is 18.3 Å². The van der Waals surface area contributed by atoms with Crippen LogP contribution in [0.5, 0.6) is 0 Å². The Kier molecular flexibility index (Phi) is 3.24. The van der Waals surface area contributed by atoms with Gasteiger partial charge in [0.15, 0.2) is 0 Å². The minimum absolute atomic E-state index is 0.0466.